The fourth-order valence-corrected chi connectivity index (χ4v) is 2.87. The molecule has 0 bridgehead atoms. The fraction of sp³-hybridized carbons (Fsp3) is 0.231. The quantitative estimate of drug-likeness (QED) is 0.882. The van der Waals surface area contributed by atoms with Crippen molar-refractivity contribution < 1.29 is 9.90 Å². The van der Waals surface area contributed by atoms with E-state index < -0.39 is 5.97 Å². The largest absolute Gasteiger partial charge is 0.481 e. The third-order valence-electron chi connectivity index (χ3n) is 2.70. The molecule has 1 aromatic carbocycles. The number of rotatable bonds is 4. The maximum atomic E-state index is 12.0. The molecule has 1 aromatic heterocycles. The van der Waals surface area contributed by atoms with E-state index in [1.54, 1.807) is 16.7 Å². The second-order valence-electron chi connectivity index (χ2n) is 3.93. The topological polar surface area (TPSA) is 59.3 Å². The van der Waals surface area contributed by atoms with Crippen LogP contribution in [0.5, 0.6) is 0 Å². The minimum Gasteiger partial charge on any atom is -0.481 e. The lowest BCUT2D eigenvalue weighted by Gasteiger charge is -2.11. The first-order valence-electron chi connectivity index (χ1n) is 5.70. The Morgan fingerprint density at radius 3 is 2.79 bits per heavy atom. The molecule has 0 saturated heterocycles. The number of carboxylic acids is 1. The smallest absolute Gasteiger partial charge is 0.313 e. The molecule has 0 spiro atoms. The SMILES string of the molecule is CCn1c(=O)cc(SCC(=O)O)c2ccc(Cl)cc21. The summed E-state index contributed by atoms with van der Waals surface area (Å²) in [7, 11) is 0. The van der Waals surface area contributed by atoms with E-state index in [1.165, 1.54) is 6.07 Å². The Hall–Kier alpha value is -1.46. The van der Waals surface area contributed by atoms with Crippen molar-refractivity contribution in [2.75, 3.05) is 5.75 Å². The molecule has 0 aliphatic rings. The molecule has 0 aliphatic carbocycles. The lowest BCUT2D eigenvalue weighted by Crippen LogP contribution is -2.19. The summed E-state index contributed by atoms with van der Waals surface area (Å²) in [4.78, 5) is 23.3. The Morgan fingerprint density at radius 1 is 1.42 bits per heavy atom. The van der Waals surface area contributed by atoms with E-state index in [0.717, 1.165) is 22.7 Å². The van der Waals surface area contributed by atoms with Crippen molar-refractivity contribution in [1.29, 1.82) is 0 Å². The molecule has 0 unspecified atom stereocenters. The van der Waals surface area contributed by atoms with Crippen LogP contribution >= 0.6 is 23.4 Å². The molecule has 0 aliphatic heterocycles. The number of hydrogen-bond acceptors (Lipinski definition) is 3. The first-order valence-corrected chi connectivity index (χ1v) is 7.07. The number of pyridine rings is 1. The van der Waals surface area contributed by atoms with Gasteiger partial charge in [-0.1, -0.05) is 17.7 Å². The van der Waals surface area contributed by atoms with Crippen LogP contribution in [0.2, 0.25) is 5.02 Å². The second kappa shape index (κ2) is 5.67. The zero-order valence-corrected chi connectivity index (χ0v) is 11.8. The standard InChI is InChI=1S/C13H12ClNO3S/c1-2-15-10-5-8(14)3-4-9(10)11(6-12(15)16)19-7-13(17)18/h3-6H,2,7H2,1H3,(H,17,18). The van der Waals surface area contributed by atoms with E-state index in [0.29, 0.717) is 16.5 Å². The molecule has 100 valence electrons. The molecular formula is C13H12ClNO3S. The number of halogens is 1. The van der Waals surface area contributed by atoms with Crippen molar-refractivity contribution in [2.24, 2.45) is 0 Å². The number of aryl methyl sites for hydroxylation is 1. The highest BCUT2D eigenvalue weighted by Gasteiger charge is 2.10. The normalized spacial score (nSPS) is 10.8. The number of thioether (sulfide) groups is 1. The van der Waals surface area contributed by atoms with Gasteiger partial charge in [-0.3, -0.25) is 9.59 Å². The second-order valence-corrected chi connectivity index (χ2v) is 5.39. The zero-order chi connectivity index (χ0) is 14.0. The van der Waals surface area contributed by atoms with Gasteiger partial charge in [0.25, 0.3) is 5.56 Å². The van der Waals surface area contributed by atoms with E-state index in [2.05, 4.69) is 0 Å². The van der Waals surface area contributed by atoms with Gasteiger partial charge in [-0.05, 0) is 19.1 Å². The molecule has 1 heterocycles. The zero-order valence-electron chi connectivity index (χ0n) is 10.2. The number of aliphatic carboxylic acids is 1. The number of carboxylic acid groups (broad SMARTS) is 1. The van der Waals surface area contributed by atoms with Crippen molar-refractivity contribution in [1.82, 2.24) is 4.57 Å². The number of benzene rings is 1. The van der Waals surface area contributed by atoms with E-state index in [1.807, 2.05) is 13.0 Å². The van der Waals surface area contributed by atoms with Crippen molar-refractivity contribution >= 4 is 40.2 Å². The summed E-state index contributed by atoms with van der Waals surface area (Å²) in [5.74, 6) is -0.986. The molecule has 0 saturated carbocycles. The molecule has 2 aromatic rings. The third-order valence-corrected chi connectivity index (χ3v) is 3.98. The van der Waals surface area contributed by atoms with Crippen molar-refractivity contribution in [3.8, 4) is 0 Å². The molecule has 4 nitrogen and oxygen atoms in total. The number of fused-ring (bicyclic) bond motifs is 1. The predicted octanol–water partition coefficient (Wildman–Crippen LogP) is 2.85. The van der Waals surface area contributed by atoms with E-state index in [-0.39, 0.29) is 11.3 Å². The molecule has 19 heavy (non-hydrogen) atoms. The lowest BCUT2D eigenvalue weighted by molar-refractivity contribution is -0.133. The van der Waals surface area contributed by atoms with Gasteiger partial charge in [-0.15, -0.1) is 11.8 Å². The molecule has 1 N–H and O–H groups in total. The Morgan fingerprint density at radius 2 is 2.16 bits per heavy atom. The average molecular weight is 298 g/mol. The third kappa shape index (κ3) is 2.93. The highest BCUT2D eigenvalue weighted by molar-refractivity contribution is 8.00. The van der Waals surface area contributed by atoms with Gasteiger partial charge >= 0.3 is 5.97 Å². The molecule has 0 radical (unpaired) electrons. The van der Waals surface area contributed by atoms with Gasteiger partial charge < -0.3 is 9.67 Å². The van der Waals surface area contributed by atoms with Gasteiger partial charge in [-0.25, -0.2) is 0 Å². The van der Waals surface area contributed by atoms with Gasteiger partial charge in [-0.2, -0.15) is 0 Å². The predicted molar refractivity (Wildman–Crippen MR) is 77.3 cm³/mol. The molecule has 6 heteroatoms. The summed E-state index contributed by atoms with van der Waals surface area (Å²) in [5.41, 5.74) is 0.584. The van der Waals surface area contributed by atoms with Crippen LogP contribution in [0, 0.1) is 0 Å². The van der Waals surface area contributed by atoms with Gasteiger partial charge in [0.2, 0.25) is 0 Å². The summed E-state index contributed by atoms with van der Waals surface area (Å²) in [6.07, 6.45) is 0. The van der Waals surface area contributed by atoms with Gasteiger partial charge in [0.1, 0.15) is 0 Å². The van der Waals surface area contributed by atoms with E-state index >= 15 is 0 Å². The van der Waals surface area contributed by atoms with E-state index in [9.17, 15) is 9.59 Å². The van der Waals surface area contributed by atoms with Crippen molar-refractivity contribution in [3.63, 3.8) is 0 Å². The summed E-state index contributed by atoms with van der Waals surface area (Å²) in [6.45, 7) is 2.42. The number of nitrogens with zero attached hydrogens (tertiary/aromatic N) is 1. The number of carbonyl (C=O) groups is 1. The van der Waals surface area contributed by atoms with Crippen LogP contribution in [0.3, 0.4) is 0 Å². The fourth-order valence-electron chi connectivity index (χ4n) is 1.91. The van der Waals surface area contributed by atoms with E-state index in [4.69, 9.17) is 16.7 Å². The average Bonchev–Trinajstić information content (AvgIpc) is 2.35. The summed E-state index contributed by atoms with van der Waals surface area (Å²) in [5, 5.41) is 10.1. The molecule has 0 atom stereocenters. The summed E-state index contributed by atoms with van der Waals surface area (Å²) < 4.78 is 1.62. The van der Waals surface area contributed by atoms with Gasteiger partial charge in [0.05, 0.1) is 11.3 Å². The number of hydrogen-bond donors (Lipinski definition) is 1. The lowest BCUT2D eigenvalue weighted by atomic mass is 10.2. The summed E-state index contributed by atoms with van der Waals surface area (Å²) >= 11 is 7.10. The minimum atomic E-state index is -0.910. The molecule has 2 rings (SSSR count). The minimum absolute atomic E-state index is 0.0761. The van der Waals surface area contributed by atoms with Crippen LogP contribution in [0.15, 0.2) is 34.0 Å². The highest BCUT2D eigenvalue weighted by atomic mass is 35.5. The Bertz CT molecular complexity index is 696. The maximum absolute atomic E-state index is 12.0. The maximum Gasteiger partial charge on any atom is 0.313 e. The van der Waals surface area contributed by atoms with Crippen LogP contribution in [0.25, 0.3) is 10.9 Å². The highest BCUT2D eigenvalue weighted by Crippen LogP contribution is 2.28. The van der Waals surface area contributed by atoms with Gasteiger partial charge in [0, 0.05) is 27.9 Å². The first-order chi connectivity index (χ1) is 9.02. The van der Waals surface area contributed by atoms with Gasteiger partial charge in [0.15, 0.2) is 0 Å². The van der Waals surface area contributed by atoms with Crippen LogP contribution in [-0.4, -0.2) is 21.4 Å². The molecular weight excluding hydrogens is 286 g/mol. The van der Waals surface area contributed by atoms with Crippen LogP contribution in [-0.2, 0) is 11.3 Å². The summed E-state index contributed by atoms with van der Waals surface area (Å²) in [6, 6.07) is 6.76. The van der Waals surface area contributed by atoms with Crippen LogP contribution in [0.4, 0.5) is 0 Å². The number of aromatic nitrogens is 1. The first kappa shape index (κ1) is 14.0. The van der Waals surface area contributed by atoms with Crippen molar-refractivity contribution in [3.05, 3.63) is 39.6 Å². The Balaban J connectivity index is 2.66. The molecule has 0 amide bonds. The van der Waals surface area contributed by atoms with Crippen LogP contribution in [0.1, 0.15) is 6.92 Å². The molecule has 0 fully saturated rings. The van der Waals surface area contributed by atoms with Crippen LogP contribution < -0.4 is 5.56 Å². The Kier molecular flexibility index (Phi) is 4.17. The van der Waals surface area contributed by atoms with Crippen molar-refractivity contribution in [2.45, 2.75) is 18.4 Å². The monoisotopic (exact) mass is 297 g/mol. The Labute approximate surface area is 119 Å².